The third-order valence-corrected chi connectivity index (χ3v) is 5.87. The number of carbonyl (C=O) groups is 1. The summed E-state index contributed by atoms with van der Waals surface area (Å²) in [5.41, 5.74) is 0. The molecule has 120 valence electrons. The van der Waals surface area contributed by atoms with Gasteiger partial charge in [0.2, 0.25) is 5.91 Å². The quantitative estimate of drug-likeness (QED) is 0.830. The van der Waals surface area contributed by atoms with Gasteiger partial charge in [0.25, 0.3) is 10.0 Å². The number of hydrogen-bond donors (Lipinski definition) is 1. The maximum absolute atomic E-state index is 12.2. The summed E-state index contributed by atoms with van der Waals surface area (Å²) in [6.07, 6.45) is 6.64. The molecule has 0 bridgehead atoms. The summed E-state index contributed by atoms with van der Waals surface area (Å²) < 4.78 is 49.4. The van der Waals surface area contributed by atoms with E-state index in [1.54, 1.807) is 0 Å². The summed E-state index contributed by atoms with van der Waals surface area (Å²) in [4.78, 5) is 11.7. The Labute approximate surface area is 130 Å². The molecule has 0 radical (unpaired) electrons. The molecule has 0 fully saturated rings. The van der Waals surface area contributed by atoms with Gasteiger partial charge in [-0.05, 0) is 37.5 Å². The molecule has 1 aliphatic carbocycles. The molecular weight excluding hydrogens is 326 g/mol. The minimum absolute atomic E-state index is 0.108. The number of rotatable bonds is 4. The van der Waals surface area contributed by atoms with Gasteiger partial charge in [-0.1, -0.05) is 18.2 Å². The van der Waals surface area contributed by atoms with Gasteiger partial charge >= 0.3 is 0 Å². The topological polar surface area (TPSA) is 97.4 Å². The van der Waals surface area contributed by atoms with E-state index in [2.05, 4.69) is 0 Å². The van der Waals surface area contributed by atoms with Crippen molar-refractivity contribution in [3.05, 3.63) is 36.4 Å². The van der Waals surface area contributed by atoms with Crippen LogP contribution in [-0.2, 0) is 24.7 Å². The van der Waals surface area contributed by atoms with E-state index in [1.807, 2.05) is 16.9 Å². The van der Waals surface area contributed by atoms with Gasteiger partial charge < -0.3 is 0 Å². The Kier molecular flexibility index (Phi) is 4.72. The molecule has 1 amide bonds. The highest BCUT2D eigenvalue weighted by Gasteiger charge is 2.25. The van der Waals surface area contributed by atoms with Crippen LogP contribution >= 0.6 is 0 Å². The van der Waals surface area contributed by atoms with Gasteiger partial charge in [-0.3, -0.25) is 4.79 Å². The van der Waals surface area contributed by atoms with Crippen molar-refractivity contribution < 1.29 is 21.6 Å². The number of hydrogen-bond acceptors (Lipinski definition) is 5. The summed E-state index contributed by atoms with van der Waals surface area (Å²) in [5, 5.41) is 0. The van der Waals surface area contributed by atoms with Crippen molar-refractivity contribution in [1.82, 2.24) is 4.72 Å². The second-order valence-corrected chi connectivity index (χ2v) is 8.90. The Bertz CT molecular complexity index is 809. The third-order valence-electron chi connectivity index (χ3n) is 3.42. The van der Waals surface area contributed by atoms with Gasteiger partial charge in [0.05, 0.1) is 9.79 Å². The monoisotopic (exact) mass is 343 g/mol. The van der Waals surface area contributed by atoms with Gasteiger partial charge in [-0.15, -0.1) is 0 Å². The van der Waals surface area contributed by atoms with Crippen LogP contribution in [0.2, 0.25) is 0 Å². The van der Waals surface area contributed by atoms with Crippen LogP contribution < -0.4 is 4.72 Å². The molecule has 1 unspecified atom stereocenters. The zero-order valence-electron chi connectivity index (χ0n) is 12.0. The highest BCUT2D eigenvalue weighted by Crippen LogP contribution is 2.20. The molecule has 0 aliphatic heterocycles. The highest BCUT2D eigenvalue weighted by molar-refractivity contribution is 7.91. The van der Waals surface area contributed by atoms with Crippen LogP contribution in [0.15, 0.2) is 46.2 Å². The van der Waals surface area contributed by atoms with Crippen molar-refractivity contribution in [2.24, 2.45) is 5.92 Å². The zero-order valence-corrected chi connectivity index (χ0v) is 13.7. The maximum atomic E-state index is 12.2. The first-order valence-electron chi connectivity index (χ1n) is 6.72. The van der Waals surface area contributed by atoms with Gasteiger partial charge in [0, 0.05) is 12.2 Å². The molecule has 1 N–H and O–H groups in total. The normalized spacial score (nSPS) is 18.9. The van der Waals surface area contributed by atoms with Crippen molar-refractivity contribution in [1.29, 1.82) is 0 Å². The minimum Gasteiger partial charge on any atom is -0.274 e. The number of carbonyl (C=O) groups excluding carboxylic acids is 1. The molecule has 6 nitrogen and oxygen atoms in total. The summed E-state index contributed by atoms with van der Waals surface area (Å²) in [6.45, 7) is 0. The van der Waals surface area contributed by atoms with Crippen LogP contribution in [0.3, 0.4) is 0 Å². The predicted molar refractivity (Wildman–Crippen MR) is 81.4 cm³/mol. The average Bonchev–Trinajstić information content (AvgIpc) is 2.47. The fourth-order valence-corrected chi connectivity index (χ4v) is 4.01. The summed E-state index contributed by atoms with van der Waals surface area (Å²) in [7, 11) is -7.60. The molecule has 1 atom stereocenters. The van der Waals surface area contributed by atoms with Gasteiger partial charge in [-0.2, -0.15) is 0 Å². The zero-order chi connectivity index (χ0) is 16.4. The predicted octanol–water partition coefficient (Wildman–Crippen LogP) is 1.25. The Balaban J connectivity index is 2.23. The first-order chi connectivity index (χ1) is 10.2. The number of amides is 1. The van der Waals surface area contributed by atoms with E-state index in [1.165, 1.54) is 18.2 Å². The first kappa shape index (κ1) is 16.7. The SMILES string of the molecule is CS(=O)(=O)c1cccc(S(=O)(=O)NC(=O)C2CC=CCC2)c1. The van der Waals surface area contributed by atoms with E-state index in [0.717, 1.165) is 18.7 Å². The summed E-state index contributed by atoms with van der Waals surface area (Å²) in [6, 6.07) is 4.94. The van der Waals surface area contributed by atoms with Crippen LogP contribution in [-0.4, -0.2) is 29.0 Å². The molecule has 8 heteroatoms. The van der Waals surface area contributed by atoms with E-state index >= 15 is 0 Å². The Morgan fingerprint density at radius 3 is 2.41 bits per heavy atom. The Morgan fingerprint density at radius 1 is 1.14 bits per heavy atom. The lowest BCUT2D eigenvalue weighted by atomic mass is 9.94. The van der Waals surface area contributed by atoms with Crippen molar-refractivity contribution in [3.8, 4) is 0 Å². The summed E-state index contributed by atoms with van der Waals surface area (Å²) in [5.74, 6) is -0.938. The van der Waals surface area contributed by atoms with Crippen molar-refractivity contribution in [2.75, 3.05) is 6.26 Å². The number of benzene rings is 1. The average molecular weight is 343 g/mol. The largest absolute Gasteiger partial charge is 0.274 e. The van der Waals surface area contributed by atoms with Gasteiger partial charge in [0.15, 0.2) is 9.84 Å². The fourth-order valence-electron chi connectivity index (χ4n) is 2.18. The fraction of sp³-hybridized carbons (Fsp3) is 0.357. The van der Waals surface area contributed by atoms with Gasteiger partial charge in [-0.25, -0.2) is 21.6 Å². The molecule has 0 saturated carbocycles. The van der Waals surface area contributed by atoms with E-state index in [4.69, 9.17) is 0 Å². The molecule has 1 aliphatic rings. The second kappa shape index (κ2) is 6.21. The second-order valence-electron chi connectivity index (χ2n) is 5.20. The van der Waals surface area contributed by atoms with Crippen LogP contribution in [0.1, 0.15) is 19.3 Å². The van der Waals surface area contributed by atoms with Crippen molar-refractivity contribution in [3.63, 3.8) is 0 Å². The van der Waals surface area contributed by atoms with Crippen molar-refractivity contribution >= 4 is 25.8 Å². The lowest BCUT2D eigenvalue weighted by Gasteiger charge is -2.17. The smallest absolute Gasteiger partial charge is 0.264 e. The van der Waals surface area contributed by atoms with Crippen LogP contribution in [0.25, 0.3) is 0 Å². The highest BCUT2D eigenvalue weighted by atomic mass is 32.2. The molecule has 1 aromatic carbocycles. The van der Waals surface area contributed by atoms with Gasteiger partial charge in [0.1, 0.15) is 0 Å². The molecule has 0 spiro atoms. The number of nitrogens with one attached hydrogen (secondary N) is 1. The Morgan fingerprint density at radius 2 is 1.82 bits per heavy atom. The Hall–Kier alpha value is -1.67. The number of sulfonamides is 1. The standard InChI is InChI=1S/C14H17NO5S2/c1-21(17,18)12-8-5-9-13(10-12)22(19,20)15-14(16)11-6-3-2-4-7-11/h2-3,5,8-11H,4,6-7H2,1H3,(H,15,16). The number of sulfone groups is 1. The van der Waals surface area contributed by atoms with Crippen molar-refractivity contribution in [2.45, 2.75) is 29.1 Å². The lowest BCUT2D eigenvalue weighted by molar-refractivity contribution is -0.123. The lowest BCUT2D eigenvalue weighted by Crippen LogP contribution is -2.36. The molecule has 0 heterocycles. The van der Waals surface area contributed by atoms with E-state index < -0.39 is 25.8 Å². The van der Waals surface area contributed by atoms with E-state index in [-0.39, 0.29) is 15.7 Å². The third kappa shape index (κ3) is 3.95. The van der Waals surface area contributed by atoms with Crippen LogP contribution in [0, 0.1) is 5.92 Å². The van der Waals surface area contributed by atoms with E-state index in [0.29, 0.717) is 12.8 Å². The number of allylic oxidation sites excluding steroid dienone is 2. The first-order valence-corrected chi connectivity index (χ1v) is 10.1. The molecule has 1 aromatic rings. The van der Waals surface area contributed by atoms with Crippen LogP contribution in [0.4, 0.5) is 0 Å². The van der Waals surface area contributed by atoms with Crippen LogP contribution in [0.5, 0.6) is 0 Å². The van der Waals surface area contributed by atoms with E-state index in [9.17, 15) is 21.6 Å². The molecular formula is C14H17NO5S2. The molecule has 0 saturated heterocycles. The maximum Gasteiger partial charge on any atom is 0.264 e. The minimum atomic E-state index is -4.08. The molecule has 0 aromatic heterocycles. The molecule has 22 heavy (non-hydrogen) atoms. The molecule has 2 rings (SSSR count). The summed E-state index contributed by atoms with van der Waals surface area (Å²) >= 11 is 0.